The highest BCUT2D eigenvalue weighted by Crippen LogP contribution is 2.33. The predicted octanol–water partition coefficient (Wildman–Crippen LogP) is 2.22. The molecule has 0 spiro atoms. The molecule has 0 aliphatic carbocycles. The summed E-state index contributed by atoms with van der Waals surface area (Å²) < 4.78 is 5.50. The van der Waals surface area contributed by atoms with Crippen LogP contribution in [0.25, 0.3) is 0 Å². The first-order valence-electron chi connectivity index (χ1n) is 10.2. The van der Waals surface area contributed by atoms with Gasteiger partial charge >= 0.3 is 6.03 Å². The minimum absolute atomic E-state index is 0.0782. The zero-order valence-corrected chi connectivity index (χ0v) is 17.0. The molecule has 3 rings (SSSR count). The Labute approximate surface area is 163 Å². The summed E-state index contributed by atoms with van der Waals surface area (Å²) in [6.07, 6.45) is 1.98. The lowest BCUT2D eigenvalue weighted by Gasteiger charge is -2.37. The van der Waals surface area contributed by atoms with Gasteiger partial charge in [-0.2, -0.15) is 0 Å². The Balaban J connectivity index is 1.43. The molecule has 1 atom stereocenters. The molecule has 0 unspecified atom stereocenters. The van der Waals surface area contributed by atoms with Crippen molar-refractivity contribution >= 4 is 6.03 Å². The van der Waals surface area contributed by atoms with Crippen molar-refractivity contribution in [1.82, 2.24) is 20.0 Å². The number of methoxy groups -OCH3 is 1. The molecule has 2 fully saturated rings. The van der Waals surface area contributed by atoms with Crippen molar-refractivity contribution in [2.75, 3.05) is 60.0 Å². The fourth-order valence-electron chi connectivity index (χ4n) is 4.14. The number of rotatable bonds is 5. The third-order valence-corrected chi connectivity index (χ3v) is 6.07. The molecule has 0 radical (unpaired) electrons. The van der Waals surface area contributed by atoms with Crippen molar-refractivity contribution in [3.63, 3.8) is 0 Å². The van der Waals surface area contributed by atoms with Crippen LogP contribution in [0, 0.1) is 0 Å². The van der Waals surface area contributed by atoms with Crippen molar-refractivity contribution in [3.8, 4) is 5.75 Å². The normalized spacial score (nSPS) is 21.1. The number of likely N-dealkylation sites (N-methyl/N-ethyl adjacent to an activating group) is 1. The Kier molecular flexibility index (Phi) is 6.96. The molecule has 2 aliphatic heterocycles. The number of nitrogens with zero attached hydrogens (tertiary/aromatic N) is 3. The highest BCUT2D eigenvalue weighted by atomic mass is 16.5. The number of urea groups is 1. The third-order valence-electron chi connectivity index (χ3n) is 6.07. The molecule has 6 nitrogen and oxygen atoms in total. The molecule has 27 heavy (non-hydrogen) atoms. The highest BCUT2D eigenvalue weighted by molar-refractivity contribution is 5.74. The minimum Gasteiger partial charge on any atom is -0.496 e. The molecule has 0 bridgehead atoms. The van der Waals surface area contributed by atoms with Crippen molar-refractivity contribution in [2.24, 2.45) is 0 Å². The molecule has 150 valence electrons. The quantitative estimate of drug-likeness (QED) is 0.859. The molecule has 2 amide bonds. The molecular formula is C21H34N4O2. The van der Waals surface area contributed by atoms with Crippen molar-refractivity contribution in [3.05, 3.63) is 29.8 Å². The minimum atomic E-state index is 0.0782. The van der Waals surface area contributed by atoms with Crippen LogP contribution in [0.2, 0.25) is 0 Å². The molecule has 6 heteroatoms. The average molecular weight is 375 g/mol. The van der Waals surface area contributed by atoms with Gasteiger partial charge in [-0.1, -0.05) is 18.2 Å². The number of carbonyl (C=O) groups is 1. The second-order valence-corrected chi connectivity index (χ2v) is 7.88. The smallest absolute Gasteiger partial charge is 0.317 e. The van der Waals surface area contributed by atoms with E-state index in [-0.39, 0.29) is 6.03 Å². The number of para-hydroxylation sites is 1. The summed E-state index contributed by atoms with van der Waals surface area (Å²) in [5.41, 5.74) is 1.27. The molecule has 1 aromatic carbocycles. The summed E-state index contributed by atoms with van der Waals surface area (Å²) in [6, 6.07) is 8.71. The largest absolute Gasteiger partial charge is 0.496 e. The zero-order chi connectivity index (χ0) is 19.2. The monoisotopic (exact) mass is 374 g/mol. The Bertz CT molecular complexity index is 608. The lowest BCUT2D eigenvalue weighted by molar-refractivity contribution is 0.116. The van der Waals surface area contributed by atoms with E-state index in [1.165, 1.54) is 5.56 Å². The standard InChI is InChI=1S/C21H34N4O2/c1-17(24-14-12-23(2)13-15-24)16-22-21(26)25-10-8-18(9-11-25)19-6-4-5-7-20(19)27-3/h4-7,17-18H,8-16H2,1-3H3,(H,22,26)/t17-/m0/s1. The van der Waals surface area contributed by atoms with Crippen LogP contribution in [-0.4, -0.2) is 86.7 Å². The first kappa shape index (κ1) is 20.0. The summed E-state index contributed by atoms with van der Waals surface area (Å²) in [4.78, 5) is 19.3. The molecule has 2 heterocycles. The van der Waals surface area contributed by atoms with Gasteiger partial charge in [0, 0.05) is 51.9 Å². The number of amides is 2. The van der Waals surface area contributed by atoms with Crippen LogP contribution in [0.15, 0.2) is 24.3 Å². The Morgan fingerprint density at radius 3 is 2.48 bits per heavy atom. The van der Waals surface area contributed by atoms with E-state index in [0.717, 1.165) is 64.4 Å². The number of hydrogen-bond acceptors (Lipinski definition) is 4. The van der Waals surface area contributed by atoms with Crippen molar-refractivity contribution in [1.29, 1.82) is 0 Å². The second-order valence-electron chi connectivity index (χ2n) is 7.88. The average Bonchev–Trinajstić information content (AvgIpc) is 2.72. The summed E-state index contributed by atoms with van der Waals surface area (Å²) in [6.45, 7) is 8.91. The SMILES string of the molecule is COc1ccccc1C1CCN(C(=O)NC[C@H](C)N2CCN(C)CC2)CC1. The van der Waals surface area contributed by atoms with Gasteiger partial charge in [-0.25, -0.2) is 4.79 Å². The Morgan fingerprint density at radius 1 is 1.15 bits per heavy atom. The Morgan fingerprint density at radius 2 is 1.81 bits per heavy atom. The first-order valence-corrected chi connectivity index (χ1v) is 10.2. The van der Waals surface area contributed by atoms with Crippen LogP contribution in [0.5, 0.6) is 5.75 Å². The van der Waals surface area contributed by atoms with E-state index in [1.54, 1.807) is 7.11 Å². The molecule has 1 aromatic rings. The number of piperidine rings is 1. The topological polar surface area (TPSA) is 48.1 Å². The number of nitrogens with one attached hydrogen (secondary N) is 1. The number of piperazine rings is 1. The number of likely N-dealkylation sites (tertiary alicyclic amines) is 1. The van der Waals surface area contributed by atoms with Crippen LogP contribution in [0.4, 0.5) is 4.79 Å². The maximum absolute atomic E-state index is 12.6. The fraction of sp³-hybridized carbons (Fsp3) is 0.667. The molecule has 0 saturated carbocycles. The van der Waals surface area contributed by atoms with Gasteiger partial charge in [0.05, 0.1) is 7.11 Å². The summed E-state index contributed by atoms with van der Waals surface area (Å²) in [5.74, 6) is 1.43. The number of carbonyl (C=O) groups excluding carboxylic acids is 1. The summed E-state index contributed by atoms with van der Waals surface area (Å²) in [5, 5.41) is 3.14. The van der Waals surface area contributed by atoms with Gasteiger partial charge in [0.1, 0.15) is 5.75 Å². The van der Waals surface area contributed by atoms with E-state index < -0.39 is 0 Å². The van der Waals surface area contributed by atoms with E-state index in [4.69, 9.17) is 4.74 Å². The van der Waals surface area contributed by atoms with E-state index in [1.807, 2.05) is 17.0 Å². The third kappa shape index (κ3) is 5.14. The molecule has 0 aromatic heterocycles. The van der Waals surface area contributed by atoms with Gasteiger partial charge in [0.25, 0.3) is 0 Å². The molecular weight excluding hydrogens is 340 g/mol. The van der Waals surface area contributed by atoms with Crippen LogP contribution < -0.4 is 10.1 Å². The van der Waals surface area contributed by atoms with E-state index in [9.17, 15) is 4.79 Å². The van der Waals surface area contributed by atoms with Crippen LogP contribution in [0.1, 0.15) is 31.2 Å². The van der Waals surface area contributed by atoms with E-state index >= 15 is 0 Å². The summed E-state index contributed by atoms with van der Waals surface area (Å²) >= 11 is 0. The molecule has 1 N–H and O–H groups in total. The summed E-state index contributed by atoms with van der Waals surface area (Å²) in [7, 11) is 3.89. The van der Waals surface area contributed by atoms with Gasteiger partial charge in [0.2, 0.25) is 0 Å². The van der Waals surface area contributed by atoms with Crippen molar-refractivity contribution in [2.45, 2.75) is 31.7 Å². The van der Waals surface area contributed by atoms with Gasteiger partial charge < -0.3 is 19.9 Å². The lowest BCUT2D eigenvalue weighted by atomic mass is 9.89. The fourth-order valence-corrected chi connectivity index (χ4v) is 4.14. The maximum Gasteiger partial charge on any atom is 0.317 e. The van der Waals surface area contributed by atoms with Gasteiger partial charge in [-0.3, -0.25) is 4.90 Å². The predicted molar refractivity (Wildman–Crippen MR) is 108 cm³/mol. The van der Waals surface area contributed by atoms with E-state index in [2.05, 4.69) is 41.2 Å². The van der Waals surface area contributed by atoms with Gasteiger partial charge in [0.15, 0.2) is 0 Å². The maximum atomic E-state index is 12.6. The highest BCUT2D eigenvalue weighted by Gasteiger charge is 2.26. The Hall–Kier alpha value is -1.79. The van der Waals surface area contributed by atoms with Crippen LogP contribution in [-0.2, 0) is 0 Å². The van der Waals surface area contributed by atoms with Crippen molar-refractivity contribution < 1.29 is 9.53 Å². The number of benzene rings is 1. The number of ether oxygens (including phenoxy) is 1. The van der Waals surface area contributed by atoms with E-state index in [0.29, 0.717) is 12.0 Å². The zero-order valence-electron chi connectivity index (χ0n) is 17.0. The molecule has 2 saturated heterocycles. The molecule has 2 aliphatic rings. The van der Waals surface area contributed by atoms with Gasteiger partial charge in [-0.15, -0.1) is 0 Å². The first-order chi connectivity index (χ1) is 13.1. The van der Waals surface area contributed by atoms with Crippen LogP contribution in [0.3, 0.4) is 0 Å². The lowest BCUT2D eigenvalue weighted by Crippen LogP contribution is -2.53. The van der Waals surface area contributed by atoms with Gasteiger partial charge in [-0.05, 0) is 44.4 Å². The second kappa shape index (κ2) is 9.42. The number of hydrogen-bond donors (Lipinski definition) is 1. The van der Waals surface area contributed by atoms with Crippen LogP contribution >= 0.6 is 0 Å².